The lowest BCUT2D eigenvalue weighted by atomic mass is 9.42. The average Bonchev–Trinajstić information content (AvgIpc) is 2.98. The van der Waals surface area contributed by atoms with Crippen LogP contribution in [0.1, 0.15) is 91.9 Å². The van der Waals surface area contributed by atoms with E-state index in [0.717, 1.165) is 49.4 Å². The molecule has 4 fully saturated rings. The maximum absolute atomic E-state index is 12.3. The third-order valence-electron chi connectivity index (χ3n) is 10.2. The molecular formula is C25H40O3. The smallest absolute Gasteiger partial charge is 0.302 e. The third kappa shape index (κ3) is 3.16. The van der Waals surface area contributed by atoms with Crippen molar-refractivity contribution in [1.29, 1.82) is 0 Å². The van der Waals surface area contributed by atoms with E-state index in [2.05, 4.69) is 20.8 Å². The number of carbonyl (C=O) groups excluding carboxylic acids is 2. The zero-order valence-electron chi connectivity index (χ0n) is 18.5. The molecule has 0 N–H and O–H groups in total. The van der Waals surface area contributed by atoms with Crippen molar-refractivity contribution in [3.05, 3.63) is 0 Å². The lowest BCUT2D eigenvalue weighted by Crippen LogP contribution is -2.56. The van der Waals surface area contributed by atoms with Crippen molar-refractivity contribution in [2.24, 2.45) is 46.3 Å². The number of carbonyl (C=O) groups is 2. The summed E-state index contributed by atoms with van der Waals surface area (Å²) in [5, 5.41) is 0. The largest absolute Gasteiger partial charge is 0.466 e. The second-order valence-electron chi connectivity index (χ2n) is 11.1. The fourth-order valence-corrected chi connectivity index (χ4v) is 8.67. The molecule has 8 atom stereocenters. The Balaban J connectivity index is 1.55. The molecule has 0 aromatic carbocycles. The summed E-state index contributed by atoms with van der Waals surface area (Å²) in [7, 11) is 0. The highest BCUT2D eigenvalue weighted by Crippen LogP contribution is 2.68. The fraction of sp³-hybridized carbons (Fsp3) is 0.920. The molecule has 4 aliphatic rings. The summed E-state index contributed by atoms with van der Waals surface area (Å²) >= 11 is 0. The van der Waals surface area contributed by atoms with Crippen molar-refractivity contribution in [3.8, 4) is 0 Å². The maximum atomic E-state index is 12.3. The lowest BCUT2D eigenvalue weighted by molar-refractivity contribution is -0.152. The van der Waals surface area contributed by atoms with E-state index >= 15 is 0 Å². The molecule has 4 saturated carbocycles. The fourth-order valence-electron chi connectivity index (χ4n) is 8.67. The molecule has 3 nitrogen and oxygen atoms in total. The zero-order valence-corrected chi connectivity index (χ0v) is 18.5. The number of ether oxygens (including phenoxy) is 1. The molecule has 158 valence electrons. The minimum Gasteiger partial charge on any atom is -0.466 e. The van der Waals surface area contributed by atoms with E-state index in [-0.39, 0.29) is 5.97 Å². The number of Topliss-reactive ketones (excluding diaryl/α,β-unsaturated/α-hetero) is 1. The number of rotatable bonds is 4. The number of fused-ring (bicyclic) bond motifs is 5. The standard InChI is InChI=1S/C25H40O3/c1-5-17-14-20-21-7-6-18(10-13-28-16(2)26)24(21,3)12-9-22(20)25(4)11-8-19(27)15-23(17)25/h17-18,20-23H,5-15H2,1-4H3/t17?,18-,20?,21?,22?,23?,24?,25?/m1/s1. The molecule has 28 heavy (non-hydrogen) atoms. The van der Waals surface area contributed by atoms with E-state index in [1.807, 2.05) is 0 Å². The molecule has 4 aliphatic carbocycles. The highest BCUT2D eigenvalue weighted by Gasteiger charge is 2.61. The summed E-state index contributed by atoms with van der Waals surface area (Å²) in [6.07, 6.45) is 11.8. The van der Waals surface area contributed by atoms with Crippen LogP contribution in [0.15, 0.2) is 0 Å². The summed E-state index contributed by atoms with van der Waals surface area (Å²) in [5.74, 6) is 4.94. The first-order valence-corrected chi connectivity index (χ1v) is 11.9. The van der Waals surface area contributed by atoms with Gasteiger partial charge >= 0.3 is 5.97 Å². The van der Waals surface area contributed by atoms with E-state index in [4.69, 9.17) is 4.74 Å². The van der Waals surface area contributed by atoms with Gasteiger partial charge in [0.25, 0.3) is 0 Å². The SMILES string of the molecule is CCC1CC2C(CCC3(C)C2CC[C@@H]3CCOC(C)=O)C2(C)CCC(=O)CC12. The maximum Gasteiger partial charge on any atom is 0.302 e. The first kappa shape index (κ1) is 20.4. The molecule has 0 heterocycles. The van der Waals surface area contributed by atoms with Crippen LogP contribution in [-0.4, -0.2) is 18.4 Å². The van der Waals surface area contributed by atoms with Crippen LogP contribution in [0.5, 0.6) is 0 Å². The molecule has 0 aromatic rings. The topological polar surface area (TPSA) is 43.4 Å². The third-order valence-corrected chi connectivity index (χ3v) is 10.2. The minimum atomic E-state index is -0.146. The molecule has 0 aliphatic heterocycles. The Labute approximate surface area is 171 Å². The van der Waals surface area contributed by atoms with Gasteiger partial charge in [-0.1, -0.05) is 27.2 Å². The van der Waals surface area contributed by atoms with E-state index in [1.165, 1.54) is 45.4 Å². The molecule has 0 radical (unpaired) electrons. The molecule has 0 spiro atoms. The van der Waals surface area contributed by atoms with Crippen LogP contribution < -0.4 is 0 Å². The molecule has 0 saturated heterocycles. The molecule has 0 bridgehead atoms. The van der Waals surface area contributed by atoms with Gasteiger partial charge in [-0.3, -0.25) is 9.59 Å². The van der Waals surface area contributed by atoms with Crippen LogP contribution in [0.3, 0.4) is 0 Å². The average molecular weight is 389 g/mol. The van der Waals surface area contributed by atoms with Crippen molar-refractivity contribution >= 4 is 11.8 Å². The molecule has 3 heteroatoms. The van der Waals surface area contributed by atoms with Gasteiger partial charge in [-0.15, -0.1) is 0 Å². The summed E-state index contributed by atoms with van der Waals surface area (Å²) in [4.78, 5) is 23.5. The summed E-state index contributed by atoms with van der Waals surface area (Å²) < 4.78 is 5.30. The Bertz CT molecular complexity index is 627. The Morgan fingerprint density at radius 3 is 2.54 bits per heavy atom. The van der Waals surface area contributed by atoms with Crippen molar-refractivity contribution in [3.63, 3.8) is 0 Å². The van der Waals surface area contributed by atoms with Gasteiger partial charge in [0.1, 0.15) is 5.78 Å². The van der Waals surface area contributed by atoms with Crippen LogP contribution in [0, 0.1) is 46.3 Å². The zero-order chi connectivity index (χ0) is 20.1. The van der Waals surface area contributed by atoms with Gasteiger partial charge in [0, 0.05) is 19.8 Å². The molecule has 0 aromatic heterocycles. The number of hydrogen-bond donors (Lipinski definition) is 0. The normalized spacial score (nSPS) is 47.8. The monoisotopic (exact) mass is 388 g/mol. The van der Waals surface area contributed by atoms with E-state index in [0.29, 0.717) is 35.1 Å². The van der Waals surface area contributed by atoms with Gasteiger partial charge in [-0.2, -0.15) is 0 Å². The van der Waals surface area contributed by atoms with E-state index < -0.39 is 0 Å². The van der Waals surface area contributed by atoms with Crippen LogP contribution >= 0.6 is 0 Å². The van der Waals surface area contributed by atoms with Gasteiger partial charge in [0.2, 0.25) is 0 Å². The van der Waals surface area contributed by atoms with Gasteiger partial charge in [0.05, 0.1) is 6.61 Å². The summed E-state index contributed by atoms with van der Waals surface area (Å²) in [6.45, 7) is 9.57. The first-order valence-electron chi connectivity index (χ1n) is 11.9. The van der Waals surface area contributed by atoms with E-state index in [9.17, 15) is 9.59 Å². The van der Waals surface area contributed by atoms with Gasteiger partial charge in [0.15, 0.2) is 0 Å². The van der Waals surface area contributed by atoms with Crippen molar-refractivity contribution in [2.45, 2.75) is 91.9 Å². The predicted molar refractivity (Wildman–Crippen MR) is 111 cm³/mol. The highest BCUT2D eigenvalue weighted by atomic mass is 16.5. The number of ketones is 1. The second kappa shape index (κ2) is 7.43. The van der Waals surface area contributed by atoms with Crippen LogP contribution in [0.4, 0.5) is 0 Å². The van der Waals surface area contributed by atoms with Gasteiger partial charge in [-0.05, 0) is 91.3 Å². The summed E-state index contributed by atoms with van der Waals surface area (Å²) in [5.41, 5.74) is 0.807. The molecule has 0 amide bonds. The molecule has 4 rings (SSSR count). The van der Waals surface area contributed by atoms with Crippen LogP contribution in [0.25, 0.3) is 0 Å². The van der Waals surface area contributed by atoms with Crippen LogP contribution in [-0.2, 0) is 14.3 Å². The number of hydrogen-bond acceptors (Lipinski definition) is 3. The van der Waals surface area contributed by atoms with Gasteiger partial charge < -0.3 is 4.74 Å². The Morgan fingerprint density at radius 1 is 1.07 bits per heavy atom. The van der Waals surface area contributed by atoms with Crippen molar-refractivity contribution < 1.29 is 14.3 Å². The van der Waals surface area contributed by atoms with Gasteiger partial charge in [-0.25, -0.2) is 0 Å². The lowest BCUT2D eigenvalue weighted by Gasteiger charge is -2.62. The minimum absolute atomic E-state index is 0.146. The Morgan fingerprint density at radius 2 is 1.82 bits per heavy atom. The summed E-state index contributed by atoms with van der Waals surface area (Å²) in [6, 6.07) is 0. The second-order valence-corrected chi connectivity index (χ2v) is 11.1. The van der Waals surface area contributed by atoms with Crippen molar-refractivity contribution in [2.75, 3.05) is 6.61 Å². The highest BCUT2D eigenvalue weighted by molar-refractivity contribution is 5.79. The van der Waals surface area contributed by atoms with Crippen molar-refractivity contribution in [1.82, 2.24) is 0 Å². The Kier molecular flexibility index (Phi) is 5.42. The number of esters is 1. The predicted octanol–water partition coefficient (Wildman–Crippen LogP) is 5.80. The molecular weight excluding hydrogens is 348 g/mol. The Hall–Kier alpha value is -0.860. The van der Waals surface area contributed by atoms with Crippen LogP contribution in [0.2, 0.25) is 0 Å². The molecule has 7 unspecified atom stereocenters. The first-order chi connectivity index (χ1) is 13.3. The quantitative estimate of drug-likeness (QED) is 0.571. The van der Waals surface area contributed by atoms with E-state index in [1.54, 1.807) is 0 Å².